The number of halogens is 2. The van der Waals surface area contributed by atoms with E-state index in [0.717, 1.165) is 30.5 Å². The summed E-state index contributed by atoms with van der Waals surface area (Å²) >= 11 is 5.91. The number of methoxy groups -OCH3 is 1. The average Bonchev–Trinajstić information content (AvgIpc) is 2.81. The molecule has 33 heavy (non-hydrogen) atoms. The van der Waals surface area contributed by atoms with E-state index in [-0.39, 0.29) is 10.9 Å². The number of aliphatic imine (C=N–C) groups is 1. The molecule has 1 heterocycles. The van der Waals surface area contributed by atoms with Crippen LogP contribution in [0.25, 0.3) is 0 Å². The van der Waals surface area contributed by atoms with Gasteiger partial charge in [-0.1, -0.05) is 11.6 Å². The van der Waals surface area contributed by atoms with Gasteiger partial charge in [0.1, 0.15) is 5.82 Å². The molecule has 0 saturated carbocycles. The molecule has 3 rings (SSSR count). The first-order valence-corrected chi connectivity index (χ1v) is 11.0. The quantitative estimate of drug-likeness (QED) is 0.300. The summed E-state index contributed by atoms with van der Waals surface area (Å²) in [5, 5.41) is 4.50. The number of nitrogens with one attached hydrogen (secondary N) is 1. The third-order valence-corrected chi connectivity index (χ3v) is 5.60. The van der Waals surface area contributed by atoms with Crippen molar-refractivity contribution >= 4 is 35.2 Å². The predicted octanol–water partition coefficient (Wildman–Crippen LogP) is 4.35. The Hall–Kier alpha value is -3.04. The van der Waals surface area contributed by atoms with Gasteiger partial charge < -0.3 is 19.7 Å². The van der Waals surface area contributed by atoms with Crippen LogP contribution in [0.1, 0.15) is 37.4 Å². The molecule has 1 unspecified atom stereocenters. The highest BCUT2D eigenvalue weighted by atomic mass is 35.5. The van der Waals surface area contributed by atoms with Crippen LogP contribution >= 0.6 is 11.6 Å². The number of hydrogen-bond acceptors (Lipinski definition) is 7. The van der Waals surface area contributed by atoms with Gasteiger partial charge in [0.05, 0.1) is 36.5 Å². The van der Waals surface area contributed by atoms with Crippen LogP contribution in [0.2, 0.25) is 5.02 Å². The van der Waals surface area contributed by atoms with Gasteiger partial charge in [-0.15, -0.1) is 0 Å². The van der Waals surface area contributed by atoms with Crippen molar-refractivity contribution in [1.29, 1.82) is 0 Å². The van der Waals surface area contributed by atoms with E-state index in [9.17, 15) is 9.18 Å². The van der Waals surface area contributed by atoms with Crippen molar-refractivity contribution in [2.75, 3.05) is 38.1 Å². The number of unbranched alkanes of at least 4 members (excludes halogenated alkanes) is 2. The van der Waals surface area contributed by atoms with E-state index in [2.05, 4.69) is 10.3 Å². The Morgan fingerprint density at radius 1 is 1.21 bits per heavy atom. The van der Waals surface area contributed by atoms with Crippen LogP contribution in [-0.2, 0) is 4.79 Å². The fraction of sp³-hybridized carbons (Fsp3) is 0.391. The predicted molar refractivity (Wildman–Crippen MR) is 129 cm³/mol. The van der Waals surface area contributed by atoms with E-state index in [1.54, 1.807) is 38.5 Å². The number of carbonyl (C=O) groups is 1. The Balaban J connectivity index is 1.67. The first-order chi connectivity index (χ1) is 15.8. The Morgan fingerprint density at radius 3 is 2.70 bits per heavy atom. The molecule has 0 fully saturated rings. The second kappa shape index (κ2) is 11.2. The van der Waals surface area contributed by atoms with Crippen molar-refractivity contribution in [1.82, 2.24) is 4.90 Å². The Kier molecular flexibility index (Phi) is 8.35. The summed E-state index contributed by atoms with van der Waals surface area (Å²) in [6, 6.07) is 7.92. The van der Waals surface area contributed by atoms with Gasteiger partial charge in [0.2, 0.25) is 5.91 Å². The molecule has 0 spiro atoms. The number of anilines is 2. The molecule has 0 aliphatic carbocycles. The molecule has 8 nitrogen and oxygen atoms in total. The molecular weight excluding hydrogens is 449 g/mol. The van der Waals surface area contributed by atoms with Crippen molar-refractivity contribution in [2.24, 2.45) is 10.8 Å². The number of nitrogens with two attached hydrogens (primary N) is 1. The second-order valence-corrected chi connectivity index (χ2v) is 8.25. The van der Waals surface area contributed by atoms with Gasteiger partial charge in [-0.05, 0) is 43.5 Å². The highest BCUT2D eigenvalue weighted by Crippen LogP contribution is 2.40. The van der Waals surface area contributed by atoms with E-state index in [1.807, 2.05) is 12.1 Å². The molecular formula is C23H29ClFN5O3. The summed E-state index contributed by atoms with van der Waals surface area (Å²) in [5.74, 6) is 7.06. The monoisotopic (exact) mass is 477 g/mol. The summed E-state index contributed by atoms with van der Waals surface area (Å²) in [6.07, 6.45) is 4.05. The molecule has 1 aliphatic heterocycles. The zero-order valence-electron chi connectivity index (χ0n) is 19.0. The van der Waals surface area contributed by atoms with Crippen LogP contribution in [0, 0.1) is 5.82 Å². The Bertz CT molecular complexity index is 1020. The SMILES string of the molecule is COc1cc2c(cc1OCCCCCC(=O)N(C)C)NC=NC2N(N)c1ccc(F)c(Cl)c1. The van der Waals surface area contributed by atoms with Gasteiger partial charge in [-0.3, -0.25) is 9.80 Å². The number of carbonyl (C=O) groups excluding carboxylic acids is 1. The Labute approximate surface area is 198 Å². The molecule has 10 heteroatoms. The third kappa shape index (κ3) is 6.06. The molecule has 0 bridgehead atoms. The average molecular weight is 478 g/mol. The lowest BCUT2D eigenvalue weighted by Crippen LogP contribution is -2.36. The third-order valence-electron chi connectivity index (χ3n) is 5.31. The van der Waals surface area contributed by atoms with Crippen LogP contribution in [0.5, 0.6) is 11.5 Å². The number of hydrazine groups is 1. The van der Waals surface area contributed by atoms with Crippen LogP contribution < -0.4 is 25.6 Å². The standard InChI is InChI=1S/C23H29ClFN5O3/c1-29(2)22(31)7-5-4-6-10-33-21-13-19-16(12-20(21)32-3)23(28-14-27-19)30(26)15-8-9-18(25)17(24)11-15/h8-9,11-14,23H,4-7,10,26H2,1-3H3,(H,27,28). The number of benzene rings is 2. The summed E-state index contributed by atoms with van der Waals surface area (Å²) in [5.41, 5.74) is 2.06. The fourth-order valence-corrected chi connectivity index (χ4v) is 3.59. The smallest absolute Gasteiger partial charge is 0.222 e. The summed E-state index contributed by atoms with van der Waals surface area (Å²) in [7, 11) is 5.08. The van der Waals surface area contributed by atoms with Gasteiger partial charge in [0.25, 0.3) is 0 Å². The van der Waals surface area contributed by atoms with E-state index >= 15 is 0 Å². The number of ether oxygens (including phenoxy) is 2. The summed E-state index contributed by atoms with van der Waals surface area (Å²) in [4.78, 5) is 17.7. The summed E-state index contributed by atoms with van der Waals surface area (Å²) in [6.45, 7) is 0.500. The highest BCUT2D eigenvalue weighted by Gasteiger charge is 2.26. The van der Waals surface area contributed by atoms with Gasteiger partial charge in [0, 0.05) is 32.1 Å². The molecule has 2 aromatic carbocycles. The maximum Gasteiger partial charge on any atom is 0.222 e. The largest absolute Gasteiger partial charge is 0.493 e. The van der Waals surface area contributed by atoms with Crippen LogP contribution in [0.15, 0.2) is 35.3 Å². The molecule has 3 N–H and O–H groups in total. The van der Waals surface area contributed by atoms with Crippen LogP contribution in [-0.4, -0.2) is 45.0 Å². The lowest BCUT2D eigenvalue weighted by atomic mass is 10.1. The Morgan fingerprint density at radius 2 is 2.00 bits per heavy atom. The van der Waals surface area contributed by atoms with Crippen molar-refractivity contribution in [2.45, 2.75) is 31.8 Å². The van der Waals surface area contributed by atoms with Crippen LogP contribution in [0.3, 0.4) is 0 Å². The molecule has 1 atom stereocenters. The highest BCUT2D eigenvalue weighted by molar-refractivity contribution is 6.31. The van der Waals surface area contributed by atoms with Gasteiger partial charge >= 0.3 is 0 Å². The van der Waals surface area contributed by atoms with Crippen molar-refractivity contribution < 1.29 is 18.7 Å². The molecule has 0 saturated heterocycles. The molecule has 0 aromatic heterocycles. The molecule has 0 radical (unpaired) electrons. The zero-order valence-corrected chi connectivity index (χ0v) is 19.7. The lowest BCUT2D eigenvalue weighted by Gasteiger charge is -2.31. The summed E-state index contributed by atoms with van der Waals surface area (Å²) < 4.78 is 25.0. The number of hydrogen-bond donors (Lipinski definition) is 2. The molecule has 1 amide bonds. The molecule has 1 aliphatic rings. The van der Waals surface area contributed by atoms with Gasteiger partial charge in [-0.25, -0.2) is 15.2 Å². The normalized spacial score (nSPS) is 14.3. The van der Waals surface area contributed by atoms with Crippen LogP contribution in [0.4, 0.5) is 15.8 Å². The van der Waals surface area contributed by atoms with E-state index in [1.165, 1.54) is 17.1 Å². The van der Waals surface area contributed by atoms with Gasteiger partial charge in [-0.2, -0.15) is 0 Å². The first-order valence-electron chi connectivity index (χ1n) is 10.6. The van der Waals surface area contributed by atoms with E-state index in [4.69, 9.17) is 26.9 Å². The van der Waals surface area contributed by atoms with Crippen molar-refractivity contribution in [3.63, 3.8) is 0 Å². The number of amides is 1. The maximum absolute atomic E-state index is 13.5. The fourth-order valence-electron chi connectivity index (χ4n) is 3.41. The lowest BCUT2D eigenvalue weighted by molar-refractivity contribution is -0.128. The van der Waals surface area contributed by atoms with Crippen molar-refractivity contribution in [3.05, 3.63) is 46.7 Å². The number of rotatable bonds is 10. The second-order valence-electron chi connectivity index (χ2n) is 7.84. The molecule has 178 valence electrons. The minimum absolute atomic E-state index is 0.0199. The van der Waals surface area contributed by atoms with Gasteiger partial charge in [0.15, 0.2) is 17.7 Å². The van der Waals surface area contributed by atoms with E-state index < -0.39 is 12.0 Å². The van der Waals surface area contributed by atoms with Crippen molar-refractivity contribution in [3.8, 4) is 11.5 Å². The van der Waals surface area contributed by atoms with E-state index in [0.29, 0.717) is 30.2 Å². The zero-order chi connectivity index (χ0) is 24.0. The minimum atomic E-state index is -0.569. The number of fused-ring (bicyclic) bond motifs is 1. The maximum atomic E-state index is 13.5. The molecule has 2 aromatic rings. The first kappa shape index (κ1) is 24.6. The topological polar surface area (TPSA) is 92.4 Å². The number of nitrogens with zero attached hydrogens (tertiary/aromatic N) is 3. The minimum Gasteiger partial charge on any atom is -0.493 e.